The van der Waals surface area contributed by atoms with E-state index >= 15 is 0 Å². The van der Waals surface area contributed by atoms with Crippen LogP contribution in [0.15, 0.2) is 0 Å². The number of hydrogen-bond acceptors (Lipinski definition) is 2. The van der Waals surface area contributed by atoms with Crippen LogP contribution in [0.3, 0.4) is 0 Å². The summed E-state index contributed by atoms with van der Waals surface area (Å²) in [4.78, 5) is 0. The van der Waals surface area contributed by atoms with Crippen LogP contribution in [0.4, 0.5) is 0 Å². The number of nitrogens with two attached hydrogens (primary N) is 1. The molecule has 0 aromatic rings. The van der Waals surface area contributed by atoms with Crippen molar-refractivity contribution in [2.45, 2.75) is 32.1 Å². The van der Waals surface area contributed by atoms with Gasteiger partial charge in [-0.1, -0.05) is 36.4 Å². The van der Waals surface area contributed by atoms with Gasteiger partial charge in [0, 0.05) is 0 Å². The van der Waals surface area contributed by atoms with Gasteiger partial charge < -0.3 is 30.6 Å². The van der Waals surface area contributed by atoms with Crippen LogP contribution >= 0.6 is 12.2 Å². The van der Waals surface area contributed by atoms with Crippen LogP contribution in [0.5, 0.6) is 0 Å². The predicted octanol–water partition coefficient (Wildman–Crippen LogP) is -1.27. The normalized spacial score (nSPS) is 14.4. The molecule has 10 heavy (non-hydrogen) atoms. The Labute approximate surface area is 116 Å². The summed E-state index contributed by atoms with van der Waals surface area (Å²) in [6.45, 7) is 0. The Morgan fingerprint density at radius 1 is 1.10 bits per heavy atom. The van der Waals surface area contributed by atoms with Crippen LogP contribution in [0.25, 0.3) is 0 Å². The third-order valence-electron chi connectivity index (χ3n) is 1.25. The molecule has 0 aromatic heterocycles. The molecule has 0 radical (unpaired) electrons. The van der Waals surface area contributed by atoms with E-state index in [1.807, 2.05) is 0 Å². The fourth-order valence-corrected chi connectivity index (χ4v) is 0.884. The molecule has 1 aliphatic rings. The van der Waals surface area contributed by atoms with E-state index in [9.17, 15) is 0 Å². The Morgan fingerprint density at radius 2 is 1.20 bits per heavy atom. The summed E-state index contributed by atoms with van der Waals surface area (Å²) in [5, 5.41) is 0. The summed E-state index contributed by atoms with van der Waals surface area (Å²) in [5.74, 6) is 0. The van der Waals surface area contributed by atoms with Gasteiger partial charge in [-0.25, -0.2) is 0 Å². The van der Waals surface area contributed by atoms with Crippen molar-refractivity contribution >= 4 is 29.2 Å². The Hall–Kier alpha value is 1.75. The van der Waals surface area contributed by atoms with Gasteiger partial charge in [0.1, 0.15) is 0 Å². The molecule has 0 unspecified atom stereocenters. The predicted molar refractivity (Wildman–Crippen MR) is 47.2 cm³/mol. The van der Waals surface area contributed by atoms with Gasteiger partial charge >= 0.3 is 51.4 Å². The van der Waals surface area contributed by atoms with E-state index in [1.165, 1.54) is 32.1 Å². The zero-order valence-electron chi connectivity index (χ0n) is 6.43. The van der Waals surface area contributed by atoms with Gasteiger partial charge in [0.15, 0.2) is 0 Å². The molecule has 1 rings (SSSR count). The molecule has 4 heteroatoms. The molecule has 54 valence electrons. The molecule has 1 nitrogen and oxygen atoms in total. The molecule has 0 amide bonds. The Kier molecular flexibility index (Phi) is 15.3. The third-order valence-corrected chi connectivity index (χ3v) is 1.25. The minimum Gasteiger partial charge on any atom is -0.415 e. The van der Waals surface area contributed by atoms with Crippen molar-refractivity contribution in [1.29, 1.82) is 0 Å². The van der Waals surface area contributed by atoms with Gasteiger partial charge in [0.05, 0.1) is 0 Å². The summed E-state index contributed by atoms with van der Waals surface area (Å²) in [6, 6.07) is 0. The smallest absolute Gasteiger partial charge is 0.415 e. The summed E-state index contributed by atoms with van der Waals surface area (Å²) in [6.07, 6.45) is 7.50. The zero-order chi connectivity index (χ0) is 7.11. The maximum atomic E-state index is 4.66. The van der Waals surface area contributed by atoms with Crippen molar-refractivity contribution in [3.8, 4) is 0 Å². The van der Waals surface area contributed by atoms with E-state index in [0.29, 0.717) is 0 Å². The first kappa shape index (κ1) is 14.3. The van der Waals surface area contributed by atoms with Gasteiger partial charge in [0.25, 0.3) is 0 Å². The second-order valence-corrected chi connectivity index (χ2v) is 3.22. The van der Waals surface area contributed by atoms with Crippen LogP contribution < -0.4 is 57.1 Å². The van der Waals surface area contributed by atoms with Crippen LogP contribution in [0.1, 0.15) is 32.1 Å². The van der Waals surface area contributed by atoms with E-state index in [4.69, 9.17) is 0 Å². The topological polar surface area (TPSA) is 26.0 Å². The first-order valence-electron chi connectivity index (χ1n) is 3.20. The van der Waals surface area contributed by atoms with E-state index in [0.717, 1.165) is 0 Å². The zero-order valence-corrected chi connectivity index (χ0v) is 11.2. The monoisotopic (exact) mass is 201 g/mol. The molecule has 0 atom stereocenters. The SMILES string of the molecule is C1CCCC1.NC(=S)[S-].[K+]. The molecular formula is C6H12KNS2. The van der Waals surface area contributed by atoms with Crippen LogP contribution in [-0.2, 0) is 12.6 Å². The summed E-state index contributed by atoms with van der Waals surface area (Å²) in [5.41, 5.74) is 4.66. The Bertz CT molecular complexity index is 72.2. The summed E-state index contributed by atoms with van der Waals surface area (Å²) >= 11 is 8.26. The van der Waals surface area contributed by atoms with E-state index in [2.05, 4.69) is 30.6 Å². The van der Waals surface area contributed by atoms with Crippen molar-refractivity contribution in [3.63, 3.8) is 0 Å². The Morgan fingerprint density at radius 3 is 1.30 bits per heavy atom. The average molecular weight is 201 g/mol. The van der Waals surface area contributed by atoms with Crippen molar-refractivity contribution in [2.75, 3.05) is 0 Å². The van der Waals surface area contributed by atoms with Crippen molar-refractivity contribution in [1.82, 2.24) is 0 Å². The molecule has 1 aliphatic carbocycles. The standard InChI is InChI=1S/C5H10.CH3NS2.K/c1-2-4-5-3-1;2-1(3)4;/h1-5H2;(H3,2,3,4);/q;;+1/p-1. The molecule has 1 saturated carbocycles. The van der Waals surface area contributed by atoms with Crippen LogP contribution in [-0.4, -0.2) is 4.32 Å². The number of thiocarbonyl (C=S) groups is 1. The van der Waals surface area contributed by atoms with Crippen LogP contribution in [0.2, 0.25) is 0 Å². The molecular weight excluding hydrogens is 189 g/mol. The number of hydrogen-bond donors (Lipinski definition) is 1. The summed E-state index contributed by atoms with van der Waals surface area (Å²) < 4.78 is 0.0833. The number of rotatable bonds is 0. The molecule has 0 aliphatic heterocycles. The van der Waals surface area contributed by atoms with Gasteiger partial charge in [-0.3, -0.25) is 0 Å². The first-order chi connectivity index (χ1) is 4.23. The van der Waals surface area contributed by atoms with Crippen LogP contribution in [0, 0.1) is 0 Å². The average Bonchev–Trinajstić information content (AvgIpc) is 2.11. The quantitative estimate of drug-likeness (QED) is 0.301. The van der Waals surface area contributed by atoms with Gasteiger partial charge in [-0.2, -0.15) is 0 Å². The molecule has 0 bridgehead atoms. The van der Waals surface area contributed by atoms with Crippen molar-refractivity contribution in [2.24, 2.45) is 5.73 Å². The maximum Gasteiger partial charge on any atom is 1.00 e. The van der Waals surface area contributed by atoms with E-state index < -0.39 is 0 Å². The minimum atomic E-state index is 0. The largest absolute Gasteiger partial charge is 1.00 e. The Balaban J connectivity index is 0. The van der Waals surface area contributed by atoms with Crippen molar-refractivity contribution in [3.05, 3.63) is 0 Å². The second kappa shape index (κ2) is 10.7. The molecule has 0 heterocycles. The fraction of sp³-hybridized carbons (Fsp3) is 0.833. The minimum absolute atomic E-state index is 0. The maximum absolute atomic E-state index is 4.66. The third kappa shape index (κ3) is 16.4. The van der Waals surface area contributed by atoms with E-state index in [-0.39, 0.29) is 55.7 Å². The molecule has 0 aromatic carbocycles. The van der Waals surface area contributed by atoms with Gasteiger partial charge in [-0.15, -0.1) is 0 Å². The molecule has 0 spiro atoms. The fourth-order valence-electron chi connectivity index (χ4n) is 0.884. The van der Waals surface area contributed by atoms with Crippen molar-refractivity contribution < 1.29 is 51.4 Å². The first-order valence-corrected chi connectivity index (χ1v) is 4.01. The van der Waals surface area contributed by atoms with E-state index in [1.54, 1.807) is 0 Å². The van der Waals surface area contributed by atoms with Gasteiger partial charge in [0.2, 0.25) is 0 Å². The molecule has 2 N–H and O–H groups in total. The second-order valence-electron chi connectivity index (χ2n) is 2.09. The molecule has 1 fully saturated rings. The summed E-state index contributed by atoms with van der Waals surface area (Å²) in [7, 11) is 0. The van der Waals surface area contributed by atoms with Gasteiger partial charge in [-0.05, 0) is 0 Å². The molecule has 0 saturated heterocycles.